The molecule has 0 saturated carbocycles. The van der Waals surface area contributed by atoms with E-state index in [1.165, 1.54) is 22.3 Å². The molecule has 2 nitrogen and oxygen atoms in total. The van der Waals surface area contributed by atoms with Crippen LogP contribution in [0.2, 0.25) is 0 Å². The van der Waals surface area contributed by atoms with Crippen molar-refractivity contribution in [3.05, 3.63) is 64.7 Å². The summed E-state index contributed by atoms with van der Waals surface area (Å²) in [6.45, 7) is 2.15. The van der Waals surface area contributed by atoms with Gasteiger partial charge in [-0.3, -0.25) is 0 Å². The van der Waals surface area contributed by atoms with Crippen molar-refractivity contribution >= 4 is 0 Å². The molecule has 0 bridgehead atoms. The largest absolute Gasteiger partial charge is 0.497 e. The second-order valence-electron chi connectivity index (χ2n) is 5.78. The minimum Gasteiger partial charge on any atom is -0.497 e. The van der Waals surface area contributed by atoms with Crippen LogP contribution in [0.1, 0.15) is 28.7 Å². The number of aryl methyl sites for hydroxylation is 2. The molecule has 2 aromatic rings. The highest BCUT2D eigenvalue weighted by molar-refractivity contribution is 5.45. The fraction of sp³-hybridized carbons (Fsp3) is 0.333. The van der Waals surface area contributed by atoms with Gasteiger partial charge in [-0.2, -0.15) is 0 Å². The van der Waals surface area contributed by atoms with E-state index < -0.39 is 0 Å². The maximum atomic E-state index is 6.74. The molecule has 0 radical (unpaired) electrons. The number of hydrogen-bond donors (Lipinski definition) is 1. The number of ether oxygens (including phenoxy) is 1. The van der Waals surface area contributed by atoms with Crippen LogP contribution in [-0.2, 0) is 18.4 Å². The highest BCUT2D eigenvalue weighted by atomic mass is 16.5. The van der Waals surface area contributed by atoms with Gasteiger partial charge in [-0.05, 0) is 60.6 Å². The van der Waals surface area contributed by atoms with Crippen LogP contribution in [0, 0.1) is 6.92 Å². The van der Waals surface area contributed by atoms with E-state index in [4.69, 9.17) is 10.5 Å². The van der Waals surface area contributed by atoms with Crippen molar-refractivity contribution in [2.24, 2.45) is 5.73 Å². The Balaban J connectivity index is 1.98. The van der Waals surface area contributed by atoms with Crippen molar-refractivity contribution < 1.29 is 4.74 Å². The minimum absolute atomic E-state index is 0.268. The lowest BCUT2D eigenvalue weighted by atomic mass is 9.85. The van der Waals surface area contributed by atoms with E-state index >= 15 is 0 Å². The van der Waals surface area contributed by atoms with Crippen LogP contribution >= 0.6 is 0 Å². The summed E-state index contributed by atoms with van der Waals surface area (Å²) in [5.41, 5.74) is 11.7. The lowest BCUT2D eigenvalue weighted by Crippen LogP contribution is -2.36. The van der Waals surface area contributed by atoms with Gasteiger partial charge in [0.25, 0.3) is 0 Å². The summed E-state index contributed by atoms with van der Waals surface area (Å²) >= 11 is 0. The molecule has 0 heterocycles. The molecule has 20 heavy (non-hydrogen) atoms. The number of methoxy groups -OCH3 is 1. The van der Waals surface area contributed by atoms with E-state index in [0.29, 0.717) is 0 Å². The Morgan fingerprint density at radius 3 is 2.75 bits per heavy atom. The molecule has 1 unspecified atom stereocenters. The number of hydrogen-bond acceptors (Lipinski definition) is 2. The molecule has 0 aromatic heterocycles. The van der Waals surface area contributed by atoms with Crippen LogP contribution in [-0.4, -0.2) is 7.11 Å². The Kier molecular flexibility index (Phi) is 3.27. The highest BCUT2D eigenvalue weighted by Gasteiger charge is 2.35. The molecule has 0 amide bonds. The molecule has 0 spiro atoms. The lowest BCUT2D eigenvalue weighted by molar-refractivity contribution is 0.407. The number of benzene rings is 2. The van der Waals surface area contributed by atoms with Crippen LogP contribution in [0.25, 0.3) is 0 Å². The zero-order valence-electron chi connectivity index (χ0n) is 12.1. The maximum Gasteiger partial charge on any atom is 0.119 e. The summed E-state index contributed by atoms with van der Waals surface area (Å²) in [6.07, 6.45) is 2.95. The second-order valence-corrected chi connectivity index (χ2v) is 5.78. The average molecular weight is 267 g/mol. The first-order chi connectivity index (χ1) is 9.62. The normalized spacial score (nSPS) is 20.8. The van der Waals surface area contributed by atoms with E-state index in [9.17, 15) is 0 Å². The number of fused-ring (bicyclic) bond motifs is 1. The molecule has 0 fully saturated rings. The predicted octanol–water partition coefficient (Wildman–Crippen LogP) is 3.35. The zero-order valence-corrected chi connectivity index (χ0v) is 12.1. The smallest absolute Gasteiger partial charge is 0.119 e. The van der Waals surface area contributed by atoms with Crippen LogP contribution in [0.4, 0.5) is 0 Å². The Morgan fingerprint density at radius 1 is 1.20 bits per heavy atom. The third-order valence-electron chi connectivity index (χ3n) is 4.46. The van der Waals surface area contributed by atoms with E-state index in [2.05, 4.69) is 43.3 Å². The van der Waals surface area contributed by atoms with E-state index in [1.54, 1.807) is 7.11 Å². The molecule has 0 aliphatic heterocycles. The topological polar surface area (TPSA) is 35.2 Å². The van der Waals surface area contributed by atoms with Gasteiger partial charge in [0.2, 0.25) is 0 Å². The predicted molar refractivity (Wildman–Crippen MR) is 82.1 cm³/mol. The SMILES string of the molecule is COc1ccc2c(c1)C(N)(Cc1ccccc1C)CC2. The Bertz CT molecular complexity index is 635. The third kappa shape index (κ3) is 2.20. The second kappa shape index (κ2) is 4.95. The van der Waals surface area contributed by atoms with E-state index in [-0.39, 0.29) is 5.54 Å². The quantitative estimate of drug-likeness (QED) is 0.925. The Hall–Kier alpha value is -1.80. The van der Waals surface area contributed by atoms with Crippen LogP contribution < -0.4 is 10.5 Å². The van der Waals surface area contributed by atoms with Crippen molar-refractivity contribution in [2.45, 2.75) is 31.7 Å². The number of rotatable bonds is 3. The van der Waals surface area contributed by atoms with Gasteiger partial charge in [-0.1, -0.05) is 30.3 Å². The molecule has 0 saturated heterocycles. The molecule has 3 rings (SSSR count). The van der Waals surface area contributed by atoms with Crippen LogP contribution in [0.5, 0.6) is 5.75 Å². The summed E-state index contributed by atoms with van der Waals surface area (Å²) in [6, 6.07) is 14.8. The maximum absolute atomic E-state index is 6.74. The van der Waals surface area contributed by atoms with Gasteiger partial charge in [0.05, 0.1) is 7.11 Å². The van der Waals surface area contributed by atoms with Gasteiger partial charge in [0.15, 0.2) is 0 Å². The highest BCUT2D eigenvalue weighted by Crippen LogP contribution is 2.39. The van der Waals surface area contributed by atoms with Crippen molar-refractivity contribution in [1.82, 2.24) is 0 Å². The van der Waals surface area contributed by atoms with Crippen LogP contribution in [0.15, 0.2) is 42.5 Å². The minimum atomic E-state index is -0.268. The lowest BCUT2D eigenvalue weighted by Gasteiger charge is -2.27. The molecular weight excluding hydrogens is 246 g/mol. The first kappa shape index (κ1) is 13.2. The van der Waals surface area contributed by atoms with Gasteiger partial charge >= 0.3 is 0 Å². The molecule has 104 valence electrons. The van der Waals surface area contributed by atoms with Crippen molar-refractivity contribution in [1.29, 1.82) is 0 Å². The molecule has 1 aliphatic carbocycles. The van der Waals surface area contributed by atoms with Crippen molar-refractivity contribution in [3.8, 4) is 5.75 Å². The molecule has 1 atom stereocenters. The Morgan fingerprint density at radius 2 is 2.00 bits per heavy atom. The summed E-state index contributed by atoms with van der Waals surface area (Å²) in [5, 5.41) is 0. The van der Waals surface area contributed by atoms with E-state index in [0.717, 1.165) is 25.0 Å². The molecular formula is C18H21NO. The van der Waals surface area contributed by atoms with Gasteiger partial charge < -0.3 is 10.5 Å². The monoisotopic (exact) mass is 267 g/mol. The molecule has 1 aliphatic rings. The molecule has 2 heteroatoms. The number of nitrogens with two attached hydrogens (primary N) is 1. The molecule has 2 aromatic carbocycles. The third-order valence-corrected chi connectivity index (χ3v) is 4.46. The van der Waals surface area contributed by atoms with Gasteiger partial charge in [-0.15, -0.1) is 0 Å². The standard InChI is InChI=1S/C18H21NO/c1-13-5-3-4-6-15(13)12-18(19)10-9-14-7-8-16(20-2)11-17(14)18/h3-8,11H,9-10,12,19H2,1-2H3. The van der Waals surface area contributed by atoms with Crippen molar-refractivity contribution in [3.63, 3.8) is 0 Å². The van der Waals surface area contributed by atoms with E-state index in [1.807, 2.05) is 6.07 Å². The summed E-state index contributed by atoms with van der Waals surface area (Å²) < 4.78 is 5.35. The fourth-order valence-electron chi connectivity index (χ4n) is 3.19. The van der Waals surface area contributed by atoms with Gasteiger partial charge in [0.1, 0.15) is 5.75 Å². The summed E-state index contributed by atoms with van der Waals surface area (Å²) in [7, 11) is 1.70. The van der Waals surface area contributed by atoms with Crippen LogP contribution in [0.3, 0.4) is 0 Å². The average Bonchev–Trinajstić information content (AvgIpc) is 2.78. The Labute approximate surface area is 120 Å². The molecule has 2 N–H and O–H groups in total. The fourth-order valence-corrected chi connectivity index (χ4v) is 3.19. The van der Waals surface area contributed by atoms with Crippen molar-refractivity contribution in [2.75, 3.05) is 7.11 Å². The first-order valence-electron chi connectivity index (χ1n) is 7.13. The van der Waals surface area contributed by atoms with Gasteiger partial charge in [-0.25, -0.2) is 0 Å². The summed E-state index contributed by atoms with van der Waals surface area (Å²) in [4.78, 5) is 0. The summed E-state index contributed by atoms with van der Waals surface area (Å²) in [5.74, 6) is 0.894. The first-order valence-corrected chi connectivity index (χ1v) is 7.13. The van der Waals surface area contributed by atoms with Gasteiger partial charge in [0, 0.05) is 5.54 Å². The zero-order chi connectivity index (χ0) is 14.2.